The van der Waals surface area contributed by atoms with Crippen molar-refractivity contribution in [2.75, 3.05) is 25.7 Å². The molecule has 0 atom stereocenters. The minimum absolute atomic E-state index is 0.0286. The van der Waals surface area contributed by atoms with Gasteiger partial charge >= 0.3 is 0 Å². The summed E-state index contributed by atoms with van der Waals surface area (Å²) in [5.74, 6) is 1.38. The van der Waals surface area contributed by atoms with Gasteiger partial charge in [-0.25, -0.2) is 0 Å². The second-order valence-corrected chi connectivity index (χ2v) is 5.63. The van der Waals surface area contributed by atoms with Crippen LogP contribution in [0.25, 0.3) is 0 Å². The number of anilines is 1. The van der Waals surface area contributed by atoms with Crippen molar-refractivity contribution in [1.29, 1.82) is 0 Å². The van der Waals surface area contributed by atoms with Crippen LogP contribution in [0.2, 0.25) is 0 Å². The third kappa shape index (κ3) is 3.11. The number of methoxy groups -OCH3 is 2. The van der Waals surface area contributed by atoms with Gasteiger partial charge in [0.1, 0.15) is 11.5 Å². The molecule has 0 saturated carbocycles. The predicted octanol–water partition coefficient (Wildman–Crippen LogP) is 2.87. The van der Waals surface area contributed by atoms with Crippen molar-refractivity contribution in [3.8, 4) is 11.5 Å². The van der Waals surface area contributed by atoms with E-state index in [1.54, 1.807) is 37.3 Å². The first kappa shape index (κ1) is 16.1. The van der Waals surface area contributed by atoms with Crippen molar-refractivity contribution in [2.45, 2.75) is 12.8 Å². The second-order valence-electron chi connectivity index (χ2n) is 5.63. The molecule has 0 aromatic heterocycles. The van der Waals surface area contributed by atoms with Gasteiger partial charge in [-0.1, -0.05) is 12.1 Å². The Morgan fingerprint density at radius 3 is 2.38 bits per heavy atom. The number of ether oxygens (including phenoxy) is 2. The molecule has 1 aliphatic heterocycles. The molecule has 3 rings (SSSR count). The highest BCUT2D eigenvalue weighted by Gasteiger charge is 2.27. The summed E-state index contributed by atoms with van der Waals surface area (Å²) in [4.78, 5) is 26.5. The van der Waals surface area contributed by atoms with E-state index in [1.165, 1.54) is 0 Å². The third-order valence-corrected chi connectivity index (χ3v) is 4.17. The molecule has 1 amide bonds. The summed E-state index contributed by atoms with van der Waals surface area (Å²) >= 11 is 0. The van der Waals surface area contributed by atoms with Crippen LogP contribution in [-0.2, 0) is 11.2 Å². The van der Waals surface area contributed by atoms with E-state index < -0.39 is 0 Å². The van der Waals surface area contributed by atoms with Crippen LogP contribution in [0.3, 0.4) is 0 Å². The minimum Gasteiger partial charge on any atom is -0.497 e. The van der Waals surface area contributed by atoms with E-state index >= 15 is 0 Å². The number of hydrogen-bond donors (Lipinski definition) is 0. The normalized spacial score (nSPS) is 13.4. The van der Waals surface area contributed by atoms with E-state index in [9.17, 15) is 9.59 Å². The third-order valence-electron chi connectivity index (χ3n) is 4.17. The van der Waals surface area contributed by atoms with Crippen LogP contribution in [0.4, 0.5) is 5.69 Å². The smallest absolute Gasteiger partial charge is 0.231 e. The van der Waals surface area contributed by atoms with Crippen LogP contribution >= 0.6 is 0 Å². The van der Waals surface area contributed by atoms with Gasteiger partial charge in [-0.3, -0.25) is 9.59 Å². The maximum atomic E-state index is 12.7. The lowest BCUT2D eigenvalue weighted by atomic mass is 9.99. The maximum absolute atomic E-state index is 12.7. The fraction of sp³-hybridized carbons (Fsp3) is 0.263. The SMILES string of the molecule is COc1ccc(CC(=O)N2CCC(=O)c3cc(OC)ccc32)cc1. The van der Waals surface area contributed by atoms with Crippen molar-refractivity contribution < 1.29 is 19.1 Å². The van der Waals surface area contributed by atoms with Crippen molar-refractivity contribution >= 4 is 17.4 Å². The van der Waals surface area contributed by atoms with E-state index in [1.807, 2.05) is 24.3 Å². The second kappa shape index (κ2) is 6.74. The van der Waals surface area contributed by atoms with E-state index in [2.05, 4.69) is 0 Å². The number of ketones is 1. The molecule has 24 heavy (non-hydrogen) atoms. The molecule has 1 heterocycles. The molecule has 0 spiro atoms. The maximum Gasteiger partial charge on any atom is 0.231 e. The summed E-state index contributed by atoms with van der Waals surface area (Å²) in [6.07, 6.45) is 0.609. The van der Waals surface area contributed by atoms with E-state index in [0.717, 1.165) is 11.3 Å². The van der Waals surface area contributed by atoms with Gasteiger partial charge in [0.25, 0.3) is 0 Å². The van der Waals surface area contributed by atoms with Crippen LogP contribution in [-0.4, -0.2) is 32.5 Å². The fourth-order valence-corrected chi connectivity index (χ4v) is 2.84. The number of amides is 1. The standard InChI is InChI=1S/C19H19NO4/c1-23-14-5-3-13(4-6-14)11-19(22)20-10-9-18(21)16-12-15(24-2)7-8-17(16)20/h3-8,12H,9-11H2,1-2H3. The molecular weight excluding hydrogens is 306 g/mol. The zero-order valence-electron chi connectivity index (χ0n) is 13.7. The highest BCUT2D eigenvalue weighted by molar-refractivity contribution is 6.09. The molecule has 0 fully saturated rings. The molecule has 0 saturated heterocycles. The lowest BCUT2D eigenvalue weighted by Gasteiger charge is -2.29. The lowest BCUT2D eigenvalue weighted by Crippen LogP contribution is -2.38. The minimum atomic E-state index is -0.0286. The van der Waals surface area contributed by atoms with Gasteiger partial charge in [-0.15, -0.1) is 0 Å². The number of carbonyl (C=O) groups is 2. The van der Waals surface area contributed by atoms with E-state index in [4.69, 9.17) is 9.47 Å². The van der Waals surface area contributed by atoms with Crippen molar-refractivity contribution in [3.63, 3.8) is 0 Å². The Morgan fingerprint density at radius 1 is 1.04 bits per heavy atom. The molecule has 5 nitrogen and oxygen atoms in total. The molecule has 1 aliphatic rings. The van der Waals surface area contributed by atoms with E-state index in [-0.39, 0.29) is 18.1 Å². The van der Waals surface area contributed by atoms with Crippen LogP contribution in [0.1, 0.15) is 22.3 Å². The largest absolute Gasteiger partial charge is 0.497 e. The summed E-state index contributed by atoms with van der Waals surface area (Å²) in [5, 5.41) is 0. The fourth-order valence-electron chi connectivity index (χ4n) is 2.84. The number of hydrogen-bond acceptors (Lipinski definition) is 4. The topological polar surface area (TPSA) is 55.8 Å². The predicted molar refractivity (Wildman–Crippen MR) is 91.0 cm³/mol. The Balaban J connectivity index is 1.83. The van der Waals surface area contributed by atoms with Gasteiger partial charge in [0, 0.05) is 18.5 Å². The molecule has 0 unspecified atom stereocenters. The van der Waals surface area contributed by atoms with Crippen LogP contribution in [0.15, 0.2) is 42.5 Å². The molecular formula is C19H19NO4. The Bertz CT molecular complexity index is 767. The number of carbonyl (C=O) groups excluding carboxylic acids is 2. The van der Waals surface area contributed by atoms with Crippen LogP contribution in [0, 0.1) is 0 Å². The summed E-state index contributed by atoms with van der Waals surface area (Å²) in [7, 11) is 3.16. The van der Waals surface area contributed by atoms with Gasteiger partial charge in [-0.2, -0.15) is 0 Å². The Hall–Kier alpha value is -2.82. The molecule has 2 aromatic carbocycles. The summed E-state index contributed by atoms with van der Waals surface area (Å²) < 4.78 is 10.3. The number of rotatable bonds is 4. The zero-order valence-corrected chi connectivity index (χ0v) is 13.7. The Labute approximate surface area is 140 Å². The molecule has 2 aromatic rings. The molecule has 0 bridgehead atoms. The highest BCUT2D eigenvalue weighted by Crippen LogP contribution is 2.31. The van der Waals surface area contributed by atoms with Gasteiger partial charge in [0.15, 0.2) is 5.78 Å². The number of fused-ring (bicyclic) bond motifs is 1. The molecule has 0 N–H and O–H groups in total. The van der Waals surface area contributed by atoms with Gasteiger partial charge in [0.2, 0.25) is 5.91 Å². The summed E-state index contributed by atoms with van der Waals surface area (Å²) in [6, 6.07) is 12.7. The Kier molecular flexibility index (Phi) is 4.51. The first-order chi connectivity index (χ1) is 11.6. The summed E-state index contributed by atoms with van der Waals surface area (Å²) in [5.41, 5.74) is 2.11. The first-order valence-corrected chi connectivity index (χ1v) is 7.77. The quantitative estimate of drug-likeness (QED) is 0.867. The number of Topliss-reactive ketones (excluding diaryl/α,β-unsaturated/α-hetero) is 1. The lowest BCUT2D eigenvalue weighted by molar-refractivity contribution is -0.118. The average Bonchev–Trinajstić information content (AvgIpc) is 2.62. The number of benzene rings is 2. The molecule has 0 radical (unpaired) electrons. The van der Waals surface area contributed by atoms with Gasteiger partial charge < -0.3 is 14.4 Å². The molecule has 0 aliphatic carbocycles. The first-order valence-electron chi connectivity index (χ1n) is 7.77. The van der Waals surface area contributed by atoms with Gasteiger partial charge in [-0.05, 0) is 35.9 Å². The zero-order chi connectivity index (χ0) is 17.1. The van der Waals surface area contributed by atoms with E-state index in [0.29, 0.717) is 30.0 Å². The molecule has 124 valence electrons. The number of nitrogens with zero attached hydrogens (tertiary/aromatic N) is 1. The van der Waals surface area contributed by atoms with Gasteiger partial charge in [0.05, 0.1) is 26.3 Å². The molecule has 5 heteroatoms. The average molecular weight is 325 g/mol. The van der Waals surface area contributed by atoms with Crippen molar-refractivity contribution in [1.82, 2.24) is 0 Å². The monoisotopic (exact) mass is 325 g/mol. The highest BCUT2D eigenvalue weighted by atomic mass is 16.5. The van der Waals surface area contributed by atoms with Crippen molar-refractivity contribution in [2.24, 2.45) is 0 Å². The van der Waals surface area contributed by atoms with Crippen LogP contribution in [0.5, 0.6) is 11.5 Å². The van der Waals surface area contributed by atoms with Crippen LogP contribution < -0.4 is 14.4 Å². The summed E-state index contributed by atoms with van der Waals surface area (Å²) in [6.45, 7) is 0.410. The Morgan fingerprint density at radius 2 is 1.71 bits per heavy atom. The van der Waals surface area contributed by atoms with Crippen molar-refractivity contribution in [3.05, 3.63) is 53.6 Å².